The molecule has 1 amide bonds. The van der Waals surface area contributed by atoms with Gasteiger partial charge in [-0.25, -0.2) is 14.0 Å². The fourth-order valence-electron chi connectivity index (χ4n) is 6.85. The average Bonchev–Trinajstić information content (AvgIpc) is 2.26. The summed E-state index contributed by atoms with van der Waals surface area (Å²) in [6.45, 7) is 9.32. The van der Waals surface area contributed by atoms with E-state index in [0.29, 0.717) is 25.7 Å². The van der Waals surface area contributed by atoms with Gasteiger partial charge in [0.25, 0.3) is 0 Å². The van der Waals surface area contributed by atoms with E-state index in [-0.39, 0.29) is 17.3 Å². The number of ether oxygens (including phenoxy) is 1. The van der Waals surface area contributed by atoms with Crippen LogP contribution in [0.15, 0.2) is 0 Å². The van der Waals surface area contributed by atoms with Crippen molar-refractivity contribution in [2.24, 2.45) is 16.2 Å². The number of hydrogen-bond acceptors (Lipinski definition) is 3. The topological polar surface area (TPSA) is 75.6 Å². The van der Waals surface area contributed by atoms with Gasteiger partial charge in [-0.1, -0.05) is 13.8 Å². The summed E-state index contributed by atoms with van der Waals surface area (Å²) in [5.74, 6) is -1.11. The van der Waals surface area contributed by atoms with E-state index in [1.54, 1.807) is 20.8 Å². The van der Waals surface area contributed by atoms with E-state index >= 15 is 4.39 Å². The van der Waals surface area contributed by atoms with E-state index in [1.165, 1.54) is 0 Å². The van der Waals surface area contributed by atoms with Crippen LogP contribution < -0.4 is 5.32 Å². The average molecular weight is 355 g/mol. The molecule has 25 heavy (non-hydrogen) atoms. The first-order chi connectivity index (χ1) is 11.2. The second kappa shape index (κ2) is 5.10. The van der Waals surface area contributed by atoms with Gasteiger partial charge in [0.1, 0.15) is 17.3 Å². The summed E-state index contributed by atoms with van der Waals surface area (Å²) in [5, 5.41) is 12.4. The number of alkyl carbamates (subject to hydrolysis) is 1. The third-order valence-electron chi connectivity index (χ3n) is 6.09. The van der Waals surface area contributed by atoms with Crippen LogP contribution >= 0.6 is 0 Å². The SMILES string of the molecule is CC12CC3(C)CC(F)(C1)CC([C@H](NC(=O)OC(C)(C)C)C(=O)O)(C2)C3. The molecule has 0 aromatic rings. The molecule has 4 bridgehead atoms. The predicted octanol–water partition coefficient (Wildman–Crippen LogP) is 4.05. The molecule has 0 spiro atoms. The van der Waals surface area contributed by atoms with Crippen LogP contribution in [0.5, 0.6) is 0 Å². The summed E-state index contributed by atoms with van der Waals surface area (Å²) in [6, 6.07) is -1.13. The van der Waals surface area contributed by atoms with Gasteiger partial charge < -0.3 is 15.2 Å². The molecular weight excluding hydrogens is 325 g/mol. The van der Waals surface area contributed by atoms with Crippen molar-refractivity contribution in [1.29, 1.82) is 0 Å². The van der Waals surface area contributed by atoms with Crippen LogP contribution in [0.4, 0.5) is 9.18 Å². The largest absolute Gasteiger partial charge is 0.480 e. The fourth-order valence-corrected chi connectivity index (χ4v) is 6.85. The van der Waals surface area contributed by atoms with Gasteiger partial charge in [0, 0.05) is 5.41 Å². The second-order valence-electron chi connectivity index (χ2n) is 10.6. The summed E-state index contributed by atoms with van der Waals surface area (Å²) in [4.78, 5) is 24.3. The van der Waals surface area contributed by atoms with Crippen LogP contribution in [-0.4, -0.2) is 34.5 Å². The van der Waals surface area contributed by atoms with Gasteiger partial charge in [0.2, 0.25) is 0 Å². The Morgan fingerprint density at radius 3 is 1.96 bits per heavy atom. The summed E-state index contributed by atoms with van der Waals surface area (Å²) >= 11 is 0. The lowest BCUT2D eigenvalue weighted by Gasteiger charge is -2.68. The van der Waals surface area contributed by atoms with E-state index in [4.69, 9.17) is 4.74 Å². The zero-order chi connectivity index (χ0) is 18.9. The van der Waals surface area contributed by atoms with Gasteiger partial charge in [0.15, 0.2) is 0 Å². The summed E-state index contributed by atoms with van der Waals surface area (Å²) in [7, 11) is 0. The third-order valence-corrected chi connectivity index (χ3v) is 6.09. The van der Waals surface area contributed by atoms with Crippen molar-refractivity contribution in [3.05, 3.63) is 0 Å². The third kappa shape index (κ3) is 3.36. The van der Waals surface area contributed by atoms with E-state index in [1.807, 2.05) is 0 Å². The number of halogens is 1. The molecule has 4 fully saturated rings. The van der Waals surface area contributed by atoms with Crippen molar-refractivity contribution in [3.63, 3.8) is 0 Å². The highest BCUT2D eigenvalue weighted by Crippen LogP contribution is 2.72. The monoisotopic (exact) mass is 355 g/mol. The molecule has 4 rings (SSSR count). The Morgan fingerprint density at radius 1 is 1.04 bits per heavy atom. The van der Waals surface area contributed by atoms with Crippen molar-refractivity contribution < 1.29 is 23.8 Å². The van der Waals surface area contributed by atoms with Crippen LogP contribution in [-0.2, 0) is 9.53 Å². The normalized spacial score (nSPS) is 43.6. The van der Waals surface area contributed by atoms with Crippen LogP contribution in [0.2, 0.25) is 0 Å². The van der Waals surface area contributed by atoms with Gasteiger partial charge in [-0.2, -0.15) is 0 Å². The maximum absolute atomic E-state index is 15.5. The Kier molecular flexibility index (Phi) is 3.77. The summed E-state index contributed by atoms with van der Waals surface area (Å²) in [6.07, 6.45) is 2.64. The standard InChI is InChI=1S/C19H30FNO4/c1-15(2,3)25-14(24)21-12(13(22)23)18-7-16(4)6-17(5,8-18)10-19(20,9-16)11-18/h12H,6-11H2,1-5H3,(H,21,24)(H,22,23)/t12-,16?,17?,18?,19?/m1/s1. The van der Waals surface area contributed by atoms with Gasteiger partial charge >= 0.3 is 12.1 Å². The summed E-state index contributed by atoms with van der Waals surface area (Å²) in [5.41, 5.74) is -3.21. The Hall–Kier alpha value is -1.33. The quantitative estimate of drug-likeness (QED) is 0.801. The van der Waals surface area contributed by atoms with E-state index in [2.05, 4.69) is 19.2 Å². The lowest BCUT2D eigenvalue weighted by atomic mass is 9.38. The molecule has 0 heterocycles. The minimum Gasteiger partial charge on any atom is -0.480 e. The molecule has 5 nitrogen and oxygen atoms in total. The molecule has 0 aliphatic heterocycles. The summed E-state index contributed by atoms with van der Waals surface area (Å²) < 4.78 is 20.8. The maximum Gasteiger partial charge on any atom is 0.408 e. The first kappa shape index (κ1) is 18.5. The number of amides is 1. The van der Waals surface area contributed by atoms with Crippen molar-refractivity contribution in [2.45, 2.75) is 90.5 Å². The van der Waals surface area contributed by atoms with E-state index in [0.717, 1.165) is 6.42 Å². The van der Waals surface area contributed by atoms with Crippen LogP contribution in [0.3, 0.4) is 0 Å². The molecular formula is C19H30FNO4. The smallest absolute Gasteiger partial charge is 0.408 e. The Bertz CT molecular complexity index is 557. The van der Waals surface area contributed by atoms with Crippen molar-refractivity contribution >= 4 is 12.1 Å². The molecule has 0 radical (unpaired) electrons. The van der Waals surface area contributed by atoms with Crippen LogP contribution in [0.25, 0.3) is 0 Å². The van der Waals surface area contributed by atoms with E-state index in [9.17, 15) is 14.7 Å². The molecule has 2 unspecified atom stereocenters. The molecule has 2 N–H and O–H groups in total. The van der Waals surface area contributed by atoms with Crippen molar-refractivity contribution in [2.75, 3.05) is 0 Å². The number of aliphatic carboxylic acids is 1. The molecule has 0 saturated heterocycles. The Labute approximate surface area is 148 Å². The second-order valence-corrected chi connectivity index (χ2v) is 10.6. The number of carbonyl (C=O) groups is 2. The number of carboxylic acid groups (broad SMARTS) is 1. The van der Waals surface area contributed by atoms with Crippen molar-refractivity contribution in [3.8, 4) is 0 Å². The zero-order valence-electron chi connectivity index (χ0n) is 15.9. The lowest BCUT2D eigenvalue weighted by molar-refractivity contribution is -0.208. The predicted molar refractivity (Wildman–Crippen MR) is 91.0 cm³/mol. The van der Waals surface area contributed by atoms with Crippen molar-refractivity contribution in [1.82, 2.24) is 5.32 Å². The van der Waals surface area contributed by atoms with Crippen LogP contribution in [0.1, 0.15) is 73.1 Å². The number of carboxylic acids is 1. The van der Waals surface area contributed by atoms with Gasteiger partial charge in [-0.15, -0.1) is 0 Å². The number of hydrogen-bond donors (Lipinski definition) is 2. The van der Waals surface area contributed by atoms with Crippen LogP contribution in [0, 0.1) is 16.2 Å². The molecule has 3 atom stereocenters. The number of rotatable bonds is 3. The molecule has 0 aromatic heterocycles. The van der Waals surface area contributed by atoms with Gasteiger partial charge in [-0.05, 0) is 70.1 Å². The number of nitrogens with one attached hydrogen (secondary N) is 1. The Balaban J connectivity index is 1.91. The highest BCUT2D eigenvalue weighted by atomic mass is 19.1. The number of carbonyl (C=O) groups excluding carboxylic acids is 1. The maximum atomic E-state index is 15.5. The van der Waals surface area contributed by atoms with E-state index < -0.39 is 34.8 Å². The molecule has 4 aliphatic carbocycles. The van der Waals surface area contributed by atoms with Gasteiger partial charge in [0.05, 0.1) is 0 Å². The minimum absolute atomic E-state index is 0.206. The zero-order valence-corrected chi connectivity index (χ0v) is 15.9. The first-order valence-corrected chi connectivity index (χ1v) is 9.09. The highest BCUT2D eigenvalue weighted by Gasteiger charge is 2.69. The molecule has 4 saturated carbocycles. The minimum atomic E-state index is -1.33. The molecule has 6 heteroatoms. The van der Waals surface area contributed by atoms with Gasteiger partial charge in [-0.3, -0.25) is 0 Å². The highest BCUT2D eigenvalue weighted by molar-refractivity contribution is 5.81. The fraction of sp³-hybridized carbons (Fsp3) is 0.895. The molecule has 142 valence electrons. The first-order valence-electron chi connectivity index (χ1n) is 9.09. The number of alkyl halides is 1. The lowest BCUT2D eigenvalue weighted by Crippen LogP contribution is -2.68. The molecule has 0 aromatic carbocycles. The molecule has 4 aliphatic rings. The Morgan fingerprint density at radius 2 is 1.56 bits per heavy atom.